The molecule has 2 rings (SSSR count). The maximum atomic E-state index is 13.5. The third-order valence-electron chi connectivity index (χ3n) is 2.87. The third-order valence-corrected chi connectivity index (χ3v) is 2.87. The Bertz CT molecular complexity index is 400. The van der Waals surface area contributed by atoms with Crippen molar-refractivity contribution in [1.82, 2.24) is 4.90 Å². The van der Waals surface area contributed by atoms with E-state index in [0.29, 0.717) is 5.69 Å². The van der Waals surface area contributed by atoms with Gasteiger partial charge in [-0.2, -0.15) is 0 Å². The maximum Gasteiger partial charge on any atom is 0.256 e. The Kier molecular flexibility index (Phi) is 3.08. The van der Waals surface area contributed by atoms with Crippen LogP contribution < -0.4 is 5.73 Å². The first-order valence-corrected chi connectivity index (χ1v) is 5.53. The minimum atomic E-state index is -0.532. The molecule has 1 aliphatic rings. The second-order valence-electron chi connectivity index (χ2n) is 4.09. The van der Waals surface area contributed by atoms with E-state index in [4.69, 9.17) is 5.73 Å². The summed E-state index contributed by atoms with van der Waals surface area (Å²) in [6.07, 6.45) is 3.15. The Morgan fingerprint density at radius 3 is 2.56 bits per heavy atom. The van der Waals surface area contributed by atoms with Crippen LogP contribution in [0.15, 0.2) is 18.2 Å². The lowest BCUT2D eigenvalue weighted by atomic mass is 10.1. The summed E-state index contributed by atoms with van der Waals surface area (Å²) in [6.45, 7) is 1.45. The Balaban J connectivity index is 2.19. The summed E-state index contributed by atoms with van der Waals surface area (Å²) in [5.74, 6) is -0.757. The number of piperidine rings is 1. The molecule has 0 spiro atoms. The van der Waals surface area contributed by atoms with E-state index in [-0.39, 0.29) is 11.5 Å². The summed E-state index contributed by atoms with van der Waals surface area (Å²) < 4.78 is 13.5. The standard InChI is InChI=1S/C12H15FN2O/c13-11-8-9(14)4-5-10(11)12(16)15-6-2-1-3-7-15/h4-5,8H,1-3,6-7,14H2. The molecule has 0 unspecified atom stereocenters. The molecule has 1 fully saturated rings. The number of anilines is 1. The number of carbonyl (C=O) groups is 1. The summed E-state index contributed by atoms with van der Waals surface area (Å²) in [4.78, 5) is 13.7. The van der Waals surface area contributed by atoms with Gasteiger partial charge in [0.05, 0.1) is 5.56 Å². The van der Waals surface area contributed by atoms with Crippen LogP contribution in [0.1, 0.15) is 29.6 Å². The van der Waals surface area contributed by atoms with Crippen LogP contribution in [0.2, 0.25) is 0 Å². The van der Waals surface area contributed by atoms with Gasteiger partial charge in [0, 0.05) is 18.8 Å². The number of nitrogen functional groups attached to an aromatic ring is 1. The van der Waals surface area contributed by atoms with E-state index < -0.39 is 5.82 Å². The van der Waals surface area contributed by atoms with Gasteiger partial charge in [0.15, 0.2) is 0 Å². The molecule has 0 bridgehead atoms. The second kappa shape index (κ2) is 4.51. The first-order valence-electron chi connectivity index (χ1n) is 5.53. The number of carbonyl (C=O) groups excluding carboxylic acids is 1. The molecule has 1 aliphatic heterocycles. The van der Waals surface area contributed by atoms with Crippen LogP contribution in [0.25, 0.3) is 0 Å². The van der Waals surface area contributed by atoms with E-state index in [0.717, 1.165) is 32.4 Å². The van der Waals surface area contributed by atoms with Gasteiger partial charge >= 0.3 is 0 Å². The molecular weight excluding hydrogens is 207 g/mol. The fraction of sp³-hybridized carbons (Fsp3) is 0.417. The van der Waals surface area contributed by atoms with E-state index in [1.807, 2.05) is 0 Å². The quantitative estimate of drug-likeness (QED) is 0.739. The minimum absolute atomic E-state index is 0.121. The van der Waals surface area contributed by atoms with Crippen LogP contribution in [-0.2, 0) is 0 Å². The van der Waals surface area contributed by atoms with E-state index >= 15 is 0 Å². The van der Waals surface area contributed by atoms with Gasteiger partial charge in [0.2, 0.25) is 0 Å². The van der Waals surface area contributed by atoms with Gasteiger partial charge in [-0.15, -0.1) is 0 Å². The van der Waals surface area contributed by atoms with E-state index in [9.17, 15) is 9.18 Å². The van der Waals surface area contributed by atoms with Gasteiger partial charge in [-0.25, -0.2) is 4.39 Å². The number of nitrogens with zero attached hydrogens (tertiary/aromatic N) is 1. The van der Waals surface area contributed by atoms with Crippen molar-refractivity contribution < 1.29 is 9.18 Å². The summed E-state index contributed by atoms with van der Waals surface area (Å²) in [6, 6.07) is 4.21. The predicted molar refractivity (Wildman–Crippen MR) is 60.6 cm³/mol. The molecule has 2 N–H and O–H groups in total. The highest BCUT2D eigenvalue weighted by molar-refractivity contribution is 5.94. The lowest BCUT2D eigenvalue weighted by Gasteiger charge is -2.26. The van der Waals surface area contributed by atoms with Crippen LogP contribution in [0, 0.1) is 5.82 Å². The van der Waals surface area contributed by atoms with Crippen molar-refractivity contribution in [1.29, 1.82) is 0 Å². The van der Waals surface area contributed by atoms with Crippen LogP contribution >= 0.6 is 0 Å². The van der Waals surface area contributed by atoms with Gasteiger partial charge in [-0.1, -0.05) is 0 Å². The number of halogens is 1. The molecule has 1 saturated heterocycles. The second-order valence-corrected chi connectivity index (χ2v) is 4.09. The number of rotatable bonds is 1. The fourth-order valence-corrected chi connectivity index (χ4v) is 1.97. The largest absolute Gasteiger partial charge is 0.399 e. The molecule has 0 saturated carbocycles. The molecule has 1 amide bonds. The highest BCUT2D eigenvalue weighted by atomic mass is 19.1. The number of hydrogen-bond donors (Lipinski definition) is 1. The highest BCUT2D eigenvalue weighted by Gasteiger charge is 2.20. The Hall–Kier alpha value is -1.58. The number of benzene rings is 1. The Morgan fingerprint density at radius 1 is 1.25 bits per heavy atom. The molecule has 3 nitrogen and oxygen atoms in total. The van der Waals surface area contributed by atoms with Crippen LogP contribution in [0.5, 0.6) is 0 Å². The fourth-order valence-electron chi connectivity index (χ4n) is 1.97. The van der Waals surface area contributed by atoms with Gasteiger partial charge in [-0.3, -0.25) is 4.79 Å². The van der Waals surface area contributed by atoms with E-state index in [2.05, 4.69) is 0 Å². The third kappa shape index (κ3) is 2.15. The zero-order chi connectivity index (χ0) is 11.5. The molecule has 0 atom stereocenters. The lowest BCUT2D eigenvalue weighted by molar-refractivity contribution is 0.0719. The molecule has 0 radical (unpaired) electrons. The van der Waals surface area contributed by atoms with Crippen LogP contribution in [-0.4, -0.2) is 23.9 Å². The molecule has 1 aromatic rings. The van der Waals surface area contributed by atoms with Crippen molar-refractivity contribution in [2.75, 3.05) is 18.8 Å². The Morgan fingerprint density at radius 2 is 1.94 bits per heavy atom. The SMILES string of the molecule is Nc1ccc(C(=O)N2CCCCC2)c(F)c1. The first kappa shape index (κ1) is 10.9. The maximum absolute atomic E-state index is 13.5. The number of nitrogens with two attached hydrogens (primary N) is 1. The molecule has 1 aromatic carbocycles. The highest BCUT2D eigenvalue weighted by Crippen LogP contribution is 2.17. The van der Waals surface area contributed by atoms with Crippen molar-refractivity contribution in [3.63, 3.8) is 0 Å². The predicted octanol–water partition coefficient (Wildman–Crippen LogP) is 2.03. The van der Waals surface area contributed by atoms with E-state index in [1.54, 1.807) is 11.0 Å². The zero-order valence-corrected chi connectivity index (χ0v) is 9.08. The Labute approximate surface area is 94.0 Å². The van der Waals surface area contributed by atoms with Gasteiger partial charge < -0.3 is 10.6 Å². The number of likely N-dealkylation sites (tertiary alicyclic amines) is 1. The molecule has 16 heavy (non-hydrogen) atoms. The molecule has 86 valence electrons. The molecule has 0 aromatic heterocycles. The topological polar surface area (TPSA) is 46.3 Å². The van der Waals surface area contributed by atoms with E-state index in [1.165, 1.54) is 12.1 Å². The summed E-state index contributed by atoms with van der Waals surface area (Å²) in [7, 11) is 0. The van der Waals surface area contributed by atoms with Gasteiger partial charge in [0.25, 0.3) is 5.91 Å². The minimum Gasteiger partial charge on any atom is -0.399 e. The van der Waals surface area contributed by atoms with Crippen molar-refractivity contribution in [3.8, 4) is 0 Å². The molecule has 4 heteroatoms. The summed E-state index contributed by atoms with van der Waals surface area (Å²) in [5, 5.41) is 0. The van der Waals surface area contributed by atoms with Gasteiger partial charge in [0.1, 0.15) is 5.82 Å². The monoisotopic (exact) mass is 222 g/mol. The zero-order valence-electron chi connectivity index (χ0n) is 9.08. The number of amides is 1. The first-order chi connectivity index (χ1) is 7.68. The normalized spacial score (nSPS) is 16.2. The van der Waals surface area contributed by atoms with Crippen molar-refractivity contribution >= 4 is 11.6 Å². The smallest absolute Gasteiger partial charge is 0.256 e. The molecule has 0 aliphatic carbocycles. The van der Waals surface area contributed by atoms with Crippen molar-refractivity contribution in [3.05, 3.63) is 29.6 Å². The summed E-state index contributed by atoms with van der Waals surface area (Å²) >= 11 is 0. The summed E-state index contributed by atoms with van der Waals surface area (Å²) in [5.41, 5.74) is 5.90. The van der Waals surface area contributed by atoms with Crippen molar-refractivity contribution in [2.24, 2.45) is 0 Å². The van der Waals surface area contributed by atoms with Crippen LogP contribution in [0.4, 0.5) is 10.1 Å². The number of hydrogen-bond acceptors (Lipinski definition) is 2. The van der Waals surface area contributed by atoms with Gasteiger partial charge in [-0.05, 0) is 37.5 Å². The molecular formula is C12H15FN2O. The van der Waals surface area contributed by atoms with Crippen molar-refractivity contribution in [2.45, 2.75) is 19.3 Å². The molecule has 1 heterocycles. The average Bonchev–Trinajstić information content (AvgIpc) is 2.29. The lowest BCUT2D eigenvalue weighted by Crippen LogP contribution is -2.36. The average molecular weight is 222 g/mol. The van der Waals surface area contributed by atoms with Crippen LogP contribution in [0.3, 0.4) is 0 Å².